The maximum Gasteiger partial charge on any atom is 0.0314 e. The summed E-state index contributed by atoms with van der Waals surface area (Å²) in [7, 11) is 0. The molecular weight excluding hydrogens is 330 g/mol. The molecule has 1 aliphatic rings. The van der Waals surface area contributed by atoms with Gasteiger partial charge in [-0.15, -0.1) is 11.3 Å². The molecule has 1 nitrogen and oxygen atoms in total. The van der Waals surface area contributed by atoms with Crippen molar-refractivity contribution in [3.63, 3.8) is 0 Å². The number of hydrogen-bond donors (Lipinski definition) is 1. The van der Waals surface area contributed by atoms with Gasteiger partial charge in [0.05, 0.1) is 0 Å². The normalized spacial score (nSPS) is 18.3. The molecule has 114 valence electrons. The van der Waals surface area contributed by atoms with Gasteiger partial charge in [-0.25, -0.2) is 0 Å². The highest BCUT2D eigenvalue weighted by Crippen LogP contribution is 2.29. The molecule has 0 saturated heterocycles. The summed E-state index contributed by atoms with van der Waals surface area (Å²) in [5.41, 5.74) is 0. The molecule has 0 amide bonds. The van der Waals surface area contributed by atoms with Crippen LogP contribution in [0.3, 0.4) is 0 Å². The molecule has 0 bridgehead atoms. The van der Waals surface area contributed by atoms with E-state index in [1.54, 1.807) is 0 Å². The highest BCUT2D eigenvalue weighted by Gasteiger charge is 2.17. The van der Waals surface area contributed by atoms with E-state index in [1.807, 2.05) is 11.3 Å². The van der Waals surface area contributed by atoms with Crippen LogP contribution in [-0.2, 0) is 6.42 Å². The van der Waals surface area contributed by atoms with Crippen molar-refractivity contribution >= 4 is 27.3 Å². The van der Waals surface area contributed by atoms with Crippen LogP contribution >= 0.6 is 27.3 Å². The van der Waals surface area contributed by atoms with E-state index in [-0.39, 0.29) is 0 Å². The standard InChI is InChI=1S/C17H28BrNS/c1-2-11-19-15(13-17-16(18)10-12-20-17)9-8-14-6-4-3-5-7-14/h10,12,14-15,19H,2-9,11,13H2,1H3. The average Bonchev–Trinajstić information content (AvgIpc) is 2.88. The van der Waals surface area contributed by atoms with E-state index in [0.29, 0.717) is 6.04 Å². The van der Waals surface area contributed by atoms with Crippen LogP contribution in [0.2, 0.25) is 0 Å². The molecule has 0 aromatic carbocycles. The Bertz CT molecular complexity index is 371. The molecule has 0 radical (unpaired) electrons. The van der Waals surface area contributed by atoms with Crippen molar-refractivity contribution in [1.82, 2.24) is 5.32 Å². The quantitative estimate of drug-likeness (QED) is 0.621. The summed E-state index contributed by atoms with van der Waals surface area (Å²) in [5.74, 6) is 1.00. The maximum atomic E-state index is 3.76. The molecule has 1 unspecified atom stereocenters. The van der Waals surface area contributed by atoms with Crippen LogP contribution in [0.15, 0.2) is 15.9 Å². The van der Waals surface area contributed by atoms with Gasteiger partial charge in [0, 0.05) is 15.4 Å². The number of rotatable bonds is 8. The molecule has 3 heteroatoms. The number of halogens is 1. The summed E-state index contributed by atoms with van der Waals surface area (Å²) >= 11 is 5.56. The minimum atomic E-state index is 0.659. The highest BCUT2D eigenvalue weighted by molar-refractivity contribution is 9.10. The lowest BCUT2D eigenvalue weighted by Gasteiger charge is -2.25. The SMILES string of the molecule is CCCNC(CCC1CCCCC1)Cc1sccc1Br. The van der Waals surface area contributed by atoms with Crippen LogP contribution in [0.4, 0.5) is 0 Å². The predicted molar refractivity (Wildman–Crippen MR) is 93.6 cm³/mol. The molecule has 1 aromatic rings. The lowest BCUT2D eigenvalue weighted by Crippen LogP contribution is -2.32. The van der Waals surface area contributed by atoms with Gasteiger partial charge < -0.3 is 5.32 Å². The zero-order valence-electron chi connectivity index (χ0n) is 12.7. The summed E-state index contributed by atoms with van der Waals surface area (Å²) in [6.07, 6.45) is 12.5. The first-order valence-electron chi connectivity index (χ1n) is 8.24. The largest absolute Gasteiger partial charge is 0.314 e. The smallest absolute Gasteiger partial charge is 0.0314 e. The molecule has 0 aliphatic heterocycles. The minimum Gasteiger partial charge on any atom is -0.314 e. The van der Waals surface area contributed by atoms with E-state index in [9.17, 15) is 0 Å². The Balaban J connectivity index is 1.81. The van der Waals surface area contributed by atoms with Crippen molar-refractivity contribution in [2.45, 2.75) is 70.8 Å². The van der Waals surface area contributed by atoms with Gasteiger partial charge in [-0.3, -0.25) is 0 Å². The maximum absolute atomic E-state index is 3.76. The van der Waals surface area contributed by atoms with Gasteiger partial charge in [-0.2, -0.15) is 0 Å². The molecule has 20 heavy (non-hydrogen) atoms. The van der Waals surface area contributed by atoms with Crippen molar-refractivity contribution in [2.75, 3.05) is 6.54 Å². The molecule has 1 saturated carbocycles. The molecule has 1 atom stereocenters. The zero-order valence-corrected chi connectivity index (χ0v) is 15.1. The number of thiophene rings is 1. The third-order valence-corrected chi connectivity index (χ3v) is 6.40. The van der Waals surface area contributed by atoms with Crippen LogP contribution in [0.5, 0.6) is 0 Å². The molecule has 1 heterocycles. The first-order valence-corrected chi connectivity index (χ1v) is 9.92. The first-order chi connectivity index (χ1) is 9.79. The van der Waals surface area contributed by atoms with Crippen molar-refractivity contribution in [1.29, 1.82) is 0 Å². The second kappa shape index (κ2) is 9.22. The second-order valence-corrected chi connectivity index (χ2v) is 7.98. The van der Waals surface area contributed by atoms with Crippen molar-refractivity contribution in [3.05, 3.63) is 20.8 Å². The Morgan fingerprint density at radius 2 is 2.15 bits per heavy atom. The van der Waals surface area contributed by atoms with Crippen molar-refractivity contribution < 1.29 is 0 Å². The van der Waals surface area contributed by atoms with Crippen molar-refractivity contribution in [3.8, 4) is 0 Å². The highest BCUT2D eigenvalue weighted by atomic mass is 79.9. The fraction of sp³-hybridized carbons (Fsp3) is 0.765. The Hall–Kier alpha value is 0.140. The van der Waals surface area contributed by atoms with E-state index in [4.69, 9.17) is 0 Å². The predicted octanol–water partition coefficient (Wildman–Crippen LogP) is 5.78. The summed E-state index contributed by atoms with van der Waals surface area (Å²) in [6, 6.07) is 2.84. The van der Waals surface area contributed by atoms with Gasteiger partial charge >= 0.3 is 0 Å². The Kier molecular flexibility index (Phi) is 7.61. The minimum absolute atomic E-state index is 0.659. The third-order valence-electron chi connectivity index (χ3n) is 4.45. The third kappa shape index (κ3) is 5.50. The van der Waals surface area contributed by atoms with Gasteiger partial charge in [-0.05, 0) is 65.5 Å². The molecule has 1 fully saturated rings. The van der Waals surface area contributed by atoms with Crippen LogP contribution < -0.4 is 5.32 Å². The van der Waals surface area contributed by atoms with E-state index < -0.39 is 0 Å². The van der Waals surface area contributed by atoms with Gasteiger partial charge in [0.15, 0.2) is 0 Å². The molecule has 1 aliphatic carbocycles. The summed E-state index contributed by atoms with van der Waals surface area (Å²) < 4.78 is 1.29. The van der Waals surface area contributed by atoms with Crippen LogP contribution in [-0.4, -0.2) is 12.6 Å². The average molecular weight is 358 g/mol. The first kappa shape index (κ1) is 16.5. The van der Waals surface area contributed by atoms with E-state index in [1.165, 1.54) is 67.1 Å². The van der Waals surface area contributed by atoms with E-state index >= 15 is 0 Å². The van der Waals surface area contributed by atoms with E-state index in [2.05, 4.69) is 39.6 Å². The second-order valence-electron chi connectivity index (χ2n) is 6.13. The van der Waals surface area contributed by atoms with Gasteiger partial charge in [0.25, 0.3) is 0 Å². The topological polar surface area (TPSA) is 12.0 Å². The summed E-state index contributed by atoms with van der Waals surface area (Å²) in [4.78, 5) is 1.50. The molecule has 0 spiro atoms. The Morgan fingerprint density at radius 1 is 1.35 bits per heavy atom. The fourth-order valence-corrected chi connectivity index (χ4v) is 4.83. The van der Waals surface area contributed by atoms with Crippen LogP contribution in [0.1, 0.15) is 63.2 Å². The van der Waals surface area contributed by atoms with Crippen LogP contribution in [0.25, 0.3) is 0 Å². The molecular formula is C17H28BrNS. The monoisotopic (exact) mass is 357 g/mol. The lowest BCUT2D eigenvalue weighted by atomic mass is 9.85. The van der Waals surface area contributed by atoms with Gasteiger partial charge in [-0.1, -0.05) is 39.0 Å². The van der Waals surface area contributed by atoms with Crippen LogP contribution in [0, 0.1) is 5.92 Å². The molecule has 1 N–H and O–H groups in total. The Morgan fingerprint density at radius 3 is 2.80 bits per heavy atom. The van der Waals surface area contributed by atoms with Gasteiger partial charge in [0.1, 0.15) is 0 Å². The fourth-order valence-electron chi connectivity index (χ4n) is 3.23. The van der Waals surface area contributed by atoms with Crippen molar-refractivity contribution in [2.24, 2.45) is 5.92 Å². The Labute approximate surface area is 136 Å². The number of nitrogens with one attached hydrogen (secondary N) is 1. The van der Waals surface area contributed by atoms with Gasteiger partial charge in [0.2, 0.25) is 0 Å². The lowest BCUT2D eigenvalue weighted by molar-refractivity contribution is 0.312. The molecule has 1 aromatic heterocycles. The number of hydrogen-bond acceptors (Lipinski definition) is 2. The zero-order chi connectivity index (χ0) is 14.2. The summed E-state index contributed by atoms with van der Waals surface area (Å²) in [5, 5.41) is 5.95. The summed E-state index contributed by atoms with van der Waals surface area (Å²) in [6.45, 7) is 3.41. The molecule has 2 rings (SSSR count). The van der Waals surface area contributed by atoms with E-state index in [0.717, 1.165) is 12.5 Å².